The van der Waals surface area contributed by atoms with Crippen LogP contribution in [-0.4, -0.2) is 31.8 Å². The van der Waals surface area contributed by atoms with Crippen molar-refractivity contribution < 1.29 is 23.8 Å². The molecule has 2 rings (SSSR count). The minimum Gasteiger partial charge on any atom is -0.454 e. The van der Waals surface area contributed by atoms with Gasteiger partial charge in [0.2, 0.25) is 6.79 Å². The van der Waals surface area contributed by atoms with E-state index in [4.69, 9.17) is 14.2 Å². The Balaban J connectivity index is 1.78. The molecule has 6 nitrogen and oxygen atoms in total. The maximum Gasteiger partial charge on any atom is 0.331 e. The Labute approximate surface area is 129 Å². The summed E-state index contributed by atoms with van der Waals surface area (Å²) in [5.41, 5.74) is 0.783. The van der Waals surface area contributed by atoms with E-state index in [-0.39, 0.29) is 19.3 Å². The van der Waals surface area contributed by atoms with Gasteiger partial charge in [-0.25, -0.2) is 4.79 Å². The average Bonchev–Trinajstić information content (AvgIpc) is 2.96. The van der Waals surface area contributed by atoms with Crippen LogP contribution in [0.1, 0.15) is 19.4 Å². The molecule has 0 saturated heterocycles. The Morgan fingerprint density at radius 3 is 2.86 bits per heavy atom. The summed E-state index contributed by atoms with van der Waals surface area (Å²) in [5.74, 6) is 0.798. The second-order valence-electron chi connectivity index (χ2n) is 5.25. The van der Waals surface area contributed by atoms with E-state index in [1.54, 1.807) is 24.3 Å². The van der Waals surface area contributed by atoms with Crippen LogP contribution in [0, 0.1) is 5.92 Å². The van der Waals surface area contributed by atoms with E-state index in [0.29, 0.717) is 24.0 Å². The van der Waals surface area contributed by atoms with E-state index >= 15 is 0 Å². The molecule has 0 spiro atoms. The number of hydrogen-bond donors (Lipinski definition) is 1. The zero-order valence-corrected chi connectivity index (χ0v) is 12.6. The molecular weight excluding hydrogens is 286 g/mol. The van der Waals surface area contributed by atoms with Gasteiger partial charge in [0.05, 0.1) is 0 Å². The summed E-state index contributed by atoms with van der Waals surface area (Å²) in [6.45, 7) is 4.46. The first kappa shape index (κ1) is 15.9. The molecule has 0 radical (unpaired) electrons. The van der Waals surface area contributed by atoms with Crippen molar-refractivity contribution in [2.45, 2.75) is 13.8 Å². The van der Waals surface area contributed by atoms with Crippen LogP contribution in [0.5, 0.6) is 11.5 Å². The SMILES string of the molecule is CC(C)CNC(=O)COC(=O)/C=C/c1ccc2c(c1)OCO2. The number of amides is 1. The van der Waals surface area contributed by atoms with Gasteiger partial charge in [-0.15, -0.1) is 0 Å². The van der Waals surface area contributed by atoms with Gasteiger partial charge >= 0.3 is 5.97 Å². The Kier molecular flexibility index (Phi) is 5.41. The lowest BCUT2D eigenvalue weighted by atomic mass is 10.2. The number of carbonyl (C=O) groups excluding carboxylic acids is 2. The first-order valence-electron chi connectivity index (χ1n) is 7.06. The molecule has 1 heterocycles. The van der Waals surface area contributed by atoms with E-state index < -0.39 is 5.97 Å². The third-order valence-corrected chi connectivity index (χ3v) is 2.86. The van der Waals surface area contributed by atoms with E-state index in [9.17, 15) is 9.59 Å². The lowest BCUT2D eigenvalue weighted by Gasteiger charge is -2.07. The Morgan fingerprint density at radius 2 is 2.09 bits per heavy atom. The second-order valence-corrected chi connectivity index (χ2v) is 5.25. The molecule has 1 aliphatic heterocycles. The maximum atomic E-state index is 11.5. The summed E-state index contributed by atoms with van der Waals surface area (Å²) in [7, 11) is 0. The zero-order chi connectivity index (χ0) is 15.9. The first-order valence-corrected chi connectivity index (χ1v) is 7.06. The maximum absolute atomic E-state index is 11.5. The molecule has 1 aliphatic rings. The molecule has 6 heteroatoms. The summed E-state index contributed by atoms with van der Waals surface area (Å²) < 4.78 is 15.3. The summed E-state index contributed by atoms with van der Waals surface area (Å²) in [5, 5.41) is 2.67. The Bertz CT molecular complexity index is 580. The van der Waals surface area contributed by atoms with Gasteiger partial charge in [-0.2, -0.15) is 0 Å². The normalized spacial score (nSPS) is 12.7. The van der Waals surface area contributed by atoms with Gasteiger partial charge < -0.3 is 19.5 Å². The molecule has 0 fully saturated rings. The van der Waals surface area contributed by atoms with Crippen molar-refractivity contribution in [3.8, 4) is 11.5 Å². The number of nitrogens with one attached hydrogen (secondary N) is 1. The highest BCUT2D eigenvalue weighted by molar-refractivity contribution is 5.89. The van der Waals surface area contributed by atoms with Crippen LogP contribution in [0.15, 0.2) is 24.3 Å². The van der Waals surface area contributed by atoms with Crippen LogP contribution in [-0.2, 0) is 14.3 Å². The molecule has 0 aliphatic carbocycles. The minimum absolute atomic E-state index is 0.204. The molecule has 1 aromatic carbocycles. The summed E-state index contributed by atoms with van der Waals surface area (Å²) in [6, 6.07) is 5.33. The lowest BCUT2D eigenvalue weighted by molar-refractivity contribution is -0.143. The van der Waals surface area contributed by atoms with Crippen LogP contribution < -0.4 is 14.8 Å². The zero-order valence-electron chi connectivity index (χ0n) is 12.6. The third kappa shape index (κ3) is 4.80. The van der Waals surface area contributed by atoms with E-state index in [0.717, 1.165) is 5.56 Å². The number of ether oxygens (including phenoxy) is 3. The molecular formula is C16H19NO5. The van der Waals surface area contributed by atoms with Gasteiger partial charge in [-0.3, -0.25) is 4.79 Å². The quantitative estimate of drug-likeness (QED) is 0.640. The van der Waals surface area contributed by atoms with Crippen molar-refractivity contribution in [1.82, 2.24) is 5.32 Å². The minimum atomic E-state index is -0.572. The summed E-state index contributed by atoms with van der Waals surface area (Å²) in [4.78, 5) is 23.0. The number of carbonyl (C=O) groups is 2. The second kappa shape index (κ2) is 7.49. The van der Waals surface area contributed by atoms with Gasteiger partial charge in [0, 0.05) is 12.6 Å². The molecule has 0 atom stereocenters. The molecule has 0 bridgehead atoms. The fraction of sp³-hybridized carbons (Fsp3) is 0.375. The van der Waals surface area contributed by atoms with E-state index in [2.05, 4.69) is 5.32 Å². The van der Waals surface area contributed by atoms with Crippen LogP contribution in [0.25, 0.3) is 6.08 Å². The van der Waals surface area contributed by atoms with Crippen molar-refractivity contribution in [2.24, 2.45) is 5.92 Å². The summed E-state index contributed by atoms with van der Waals surface area (Å²) in [6.07, 6.45) is 2.86. The highest BCUT2D eigenvalue weighted by Gasteiger charge is 2.12. The molecule has 0 unspecified atom stereocenters. The predicted molar refractivity (Wildman–Crippen MR) is 80.4 cm³/mol. The average molecular weight is 305 g/mol. The number of hydrogen-bond acceptors (Lipinski definition) is 5. The predicted octanol–water partition coefficient (Wildman–Crippen LogP) is 1.74. The van der Waals surface area contributed by atoms with E-state index in [1.807, 2.05) is 13.8 Å². The Morgan fingerprint density at radius 1 is 1.32 bits per heavy atom. The lowest BCUT2D eigenvalue weighted by Crippen LogP contribution is -2.31. The van der Waals surface area contributed by atoms with Crippen molar-refractivity contribution in [1.29, 1.82) is 0 Å². The highest BCUT2D eigenvalue weighted by atomic mass is 16.7. The fourth-order valence-corrected chi connectivity index (χ4v) is 1.73. The standard InChI is InChI=1S/C16H19NO5/c1-11(2)8-17-15(18)9-20-16(19)6-4-12-3-5-13-14(7-12)22-10-21-13/h3-7,11H,8-10H2,1-2H3,(H,17,18)/b6-4+. The molecule has 0 aromatic heterocycles. The Hall–Kier alpha value is -2.50. The highest BCUT2D eigenvalue weighted by Crippen LogP contribution is 2.32. The van der Waals surface area contributed by atoms with Crippen LogP contribution in [0.3, 0.4) is 0 Å². The van der Waals surface area contributed by atoms with Gasteiger partial charge in [0.25, 0.3) is 5.91 Å². The topological polar surface area (TPSA) is 73.9 Å². The van der Waals surface area contributed by atoms with Crippen LogP contribution in [0.4, 0.5) is 0 Å². The van der Waals surface area contributed by atoms with Crippen molar-refractivity contribution >= 4 is 18.0 Å². The molecule has 1 aromatic rings. The monoisotopic (exact) mass is 305 g/mol. The van der Waals surface area contributed by atoms with Gasteiger partial charge in [-0.05, 0) is 29.7 Å². The summed E-state index contributed by atoms with van der Waals surface area (Å²) >= 11 is 0. The number of benzene rings is 1. The van der Waals surface area contributed by atoms with Crippen molar-refractivity contribution in [3.05, 3.63) is 29.8 Å². The molecule has 0 saturated carbocycles. The molecule has 22 heavy (non-hydrogen) atoms. The number of esters is 1. The smallest absolute Gasteiger partial charge is 0.331 e. The van der Waals surface area contributed by atoms with Crippen molar-refractivity contribution in [2.75, 3.05) is 19.9 Å². The third-order valence-electron chi connectivity index (χ3n) is 2.86. The number of rotatable bonds is 6. The van der Waals surface area contributed by atoms with Crippen molar-refractivity contribution in [3.63, 3.8) is 0 Å². The van der Waals surface area contributed by atoms with Gasteiger partial charge in [-0.1, -0.05) is 19.9 Å². The molecule has 1 amide bonds. The van der Waals surface area contributed by atoms with Gasteiger partial charge in [0.1, 0.15) is 0 Å². The van der Waals surface area contributed by atoms with Crippen LogP contribution >= 0.6 is 0 Å². The number of fused-ring (bicyclic) bond motifs is 1. The molecule has 118 valence electrons. The molecule has 1 N–H and O–H groups in total. The fourth-order valence-electron chi connectivity index (χ4n) is 1.73. The largest absolute Gasteiger partial charge is 0.454 e. The first-order chi connectivity index (χ1) is 10.5. The van der Waals surface area contributed by atoms with Gasteiger partial charge in [0.15, 0.2) is 18.1 Å². The van der Waals surface area contributed by atoms with E-state index in [1.165, 1.54) is 6.08 Å². The van der Waals surface area contributed by atoms with Crippen LogP contribution in [0.2, 0.25) is 0 Å².